The third-order valence-corrected chi connectivity index (χ3v) is 3.35. The summed E-state index contributed by atoms with van der Waals surface area (Å²) >= 11 is 3.36. The molecular weight excluding hydrogens is 332 g/mol. The number of ether oxygens (including phenoxy) is 1. The number of carbonyl (C=O) groups is 1. The Labute approximate surface area is 131 Å². The molecule has 0 saturated heterocycles. The van der Waals surface area contributed by atoms with Crippen LogP contribution in [0.1, 0.15) is 18.4 Å². The number of hydrogen-bond donors (Lipinski definition) is 1. The minimum atomic E-state index is -0.358. The monoisotopic (exact) mass is 344 g/mol. The highest BCUT2D eigenvalue weighted by Crippen LogP contribution is 2.26. The predicted molar refractivity (Wildman–Crippen MR) is 83.2 cm³/mol. The van der Waals surface area contributed by atoms with Gasteiger partial charge in [0.15, 0.2) is 0 Å². The number of hydrogen-bond acceptors (Lipinski definition) is 3. The third-order valence-electron chi connectivity index (χ3n) is 2.86. The lowest BCUT2D eigenvalue weighted by molar-refractivity contribution is -0.117. The number of carbonyl (C=O) groups excluding carboxylic acids is 1. The van der Waals surface area contributed by atoms with Crippen LogP contribution in [0.2, 0.25) is 0 Å². The number of benzene rings is 1. The Balaban J connectivity index is 2.27. The van der Waals surface area contributed by atoms with Gasteiger partial charge in [-0.25, -0.2) is 0 Å². The largest absolute Gasteiger partial charge is 0.480 e. The molecule has 1 aromatic carbocycles. The standard InChI is InChI=1S/C16H13BrN2O2/c1-2-7-21-15-6-3-13(17)9-11(15)8-12(10-18)16(20)19-14-4-5-14/h1,3,6,8-9,14H,4-5,7H2,(H,19,20)/b12-8+. The summed E-state index contributed by atoms with van der Waals surface area (Å²) in [5.74, 6) is 2.56. The molecule has 21 heavy (non-hydrogen) atoms. The van der Waals surface area contributed by atoms with Crippen LogP contribution in [0.5, 0.6) is 5.75 Å². The Hall–Kier alpha value is -2.24. The van der Waals surface area contributed by atoms with E-state index in [1.54, 1.807) is 18.2 Å². The molecule has 1 aliphatic rings. The second-order valence-electron chi connectivity index (χ2n) is 4.59. The van der Waals surface area contributed by atoms with Crippen molar-refractivity contribution in [2.24, 2.45) is 0 Å². The highest BCUT2D eigenvalue weighted by molar-refractivity contribution is 9.10. The second kappa shape index (κ2) is 6.97. The van der Waals surface area contributed by atoms with Crippen LogP contribution in [0.3, 0.4) is 0 Å². The number of halogens is 1. The first-order chi connectivity index (χ1) is 10.1. The summed E-state index contributed by atoms with van der Waals surface area (Å²) in [6.07, 6.45) is 8.63. The molecule has 0 aromatic heterocycles. The maximum Gasteiger partial charge on any atom is 0.262 e. The third kappa shape index (κ3) is 4.37. The molecule has 4 nitrogen and oxygen atoms in total. The Morgan fingerprint density at radius 1 is 1.57 bits per heavy atom. The Morgan fingerprint density at radius 3 is 2.95 bits per heavy atom. The van der Waals surface area contributed by atoms with Crippen LogP contribution in [-0.2, 0) is 4.79 Å². The van der Waals surface area contributed by atoms with E-state index in [2.05, 4.69) is 27.2 Å². The van der Waals surface area contributed by atoms with Crippen molar-refractivity contribution >= 4 is 27.9 Å². The van der Waals surface area contributed by atoms with Crippen molar-refractivity contribution in [3.8, 4) is 24.2 Å². The molecule has 1 aromatic rings. The average Bonchev–Trinajstić information content (AvgIpc) is 3.27. The van der Waals surface area contributed by atoms with Gasteiger partial charge in [-0.2, -0.15) is 5.26 Å². The topological polar surface area (TPSA) is 62.1 Å². The summed E-state index contributed by atoms with van der Waals surface area (Å²) in [6.45, 7) is 0.124. The average molecular weight is 345 g/mol. The Kier molecular flexibility index (Phi) is 5.03. The van der Waals surface area contributed by atoms with Gasteiger partial charge in [0, 0.05) is 16.1 Å². The molecule has 0 bridgehead atoms. The second-order valence-corrected chi connectivity index (χ2v) is 5.51. The summed E-state index contributed by atoms with van der Waals surface area (Å²) in [4.78, 5) is 12.0. The van der Waals surface area contributed by atoms with E-state index in [1.807, 2.05) is 6.07 Å². The summed E-state index contributed by atoms with van der Waals surface area (Å²) in [5, 5.41) is 12.0. The summed E-state index contributed by atoms with van der Waals surface area (Å²) in [6, 6.07) is 7.44. The lowest BCUT2D eigenvalue weighted by atomic mass is 10.1. The first-order valence-corrected chi connectivity index (χ1v) is 7.22. The maximum atomic E-state index is 12.0. The molecule has 1 fully saturated rings. The molecule has 0 heterocycles. The molecule has 0 radical (unpaired) electrons. The van der Waals surface area contributed by atoms with Crippen LogP contribution in [0.4, 0.5) is 0 Å². The zero-order valence-corrected chi connectivity index (χ0v) is 12.8. The highest BCUT2D eigenvalue weighted by Gasteiger charge is 2.24. The van der Waals surface area contributed by atoms with Gasteiger partial charge in [-0.05, 0) is 37.1 Å². The molecule has 5 heteroatoms. The van der Waals surface area contributed by atoms with Crippen LogP contribution in [0.25, 0.3) is 6.08 Å². The van der Waals surface area contributed by atoms with E-state index in [9.17, 15) is 4.79 Å². The SMILES string of the molecule is C#CCOc1ccc(Br)cc1/C=C(\C#N)C(=O)NC1CC1. The van der Waals surface area contributed by atoms with E-state index < -0.39 is 0 Å². The Morgan fingerprint density at radius 2 is 2.33 bits per heavy atom. The molecule has 0 unspecified atom stereocenters. The van der Waals surface area contributed by atoms with Crippen LogP contribution >= 0.6 is 15.9 Å². The van der Waals surface area contributed by atoms with Gasteiger partial charge >= 0.3 is 0 Å². The van der Waals surface area contributed by atoms with Gasteiger partial charge < -0.3 is 10.1 Å². The maximum absolute atomic E-state index is 12.0. The number of terminal acetylenes is 1. The lowest BCUT2D eigenvalue weighted by Crippen LogP contribution is -2.26. The van der Waals surface area contributed by atoms with Crippen LogP contribution in [-0.4, -0.2) is 18.6 Å². The molecule has 1 saturated carbocycles. The molecular formula is C16H13BrN2O2. The highest BCUT2D eigenvalue weighted by atomic mass is 79.9. The van der Waals surface area contributed by atoms with Gasteiger partial charge in [0.05, 0.1) is 0 Å². The zero-order valence-electron chi connectivity index (χ0n) is 11.2. The van der Waals surface area contributed by atoms with Gasteiger partial charge in [-0.3, -0.25) is 4.79 Å². The fraction of sp³-hybridized carbons (Fsp3) is 0.250. The van der Waals surface area contributed by atoms with Crippen LogP contribution < -0.4 is 10.1 Å². The van der Waals surface area contributed by atoms with E-state index >= 15 is 0 Å². The number of rotatable bonds is 5. The van der Waals surface area contributed by atoms with Crippen LogP contribution in [0, 0.1) is 23.7 Å². The normalized spacial score (nSPS) is 14.0. The fourth-order valence-corrected chi connectivity index (χ4v) is 2.06. The van der Waals surface area contributed by atoms with E-state index in [-0.39, 0.29) is 24.1 Å². The van der Waals surface area contributed by atoms with Crippen molar-refractivity contribution in [1.82, 2.24) is 5.32 Å². The molecule has 1 N–H and O–H groups in total. The van der Waals surface area contributed by atoms with Crippen molar-refractivity contribution in [3.63, 3.8) is 0 Å². The van der Waals surface area contributed by atoms with Gasteiger partial charge in [-0.15, -0.1) is 6.42 Å². The van der Waals surface area contributed by atoms with Crippen molar-refractivity contribution in [2.75, 3.05) is 6.61 Å². The quantitative estimate of drug-likeness (QED) is 0.507. The predicted octanol–water partition coefficient (Wildman–Crippen LogP) is 2.65. The van der Waals surface area contributed by atoms with Gasteiger partial charge in [0.2, 0.25) is 0 Å². The molecule has 0 aliphatic heterocycles. The molecule has 2 rings (SSSR count). The van der Waals surface area contributed by atoms with E-state index in [1.165, 1.54) is 6.08 Å². The summed E-state index contributed by atoms with van der Waals surface area (Å²) in [7, 11) is 0. The van der Waals surface area contributed by atoms with Crippen molar-refractivity contribution < 1.29 is 9.53 Å². The first kappa shape index (κ1) is 15.2. The van der Waals surface area contributed by atoms with Gasteiger partial charge in [0.25, 0.3) is 5.91 Å². The van der Waals surface area contributed by atoms with Gasteiger partial charge in [-0.1, -0.05) is 21.9 Å². The number of nitrogens with one attached hydrogen (secondary N) is 1. The van der Waals surface area contributed by atoms with E-state index in [0.717, 1.165) is 17.3 Å². The minimum absolute atomic E-state index is 0.0468. The molecule has 1 aliphatic carbocycles. The smallest absolute Gasteiger partial charge is 0.262 e. The van der Waals surface area contributed by atoms with Crippen molar-refractivity contribution in [1.29, 1.82) is 5.26 Å². The van der Waals surface area contributed by atoms with E-state index in [0.29, 0.717) is 11.3 Å². The summed E-state index contributed by atoms with van der Waals surface area (Å²) in [5.41, 5.74) is 0.674. The fourth-order valence-electron chi connectivity index (χ4n) is 1.68. The van der Waals surface area contributed by atoms with Crippen LogP contribution in [0.15, 0.2) is 28.2 Å². The molecule has 0 spiro atoms. The molecule has 0 atom stereocenters. The zero-order chi connectivity index (χ0) is 15.2. The molecule has 106 valence electrons. The van der Waals surface area contributed by atoms with Crippen molar-refractivity contribution in [2.45, 2.75) is 18.9 Å². The number of nitrogens with zero attached hydrogens (tertiary/aromatic N) is 1. The number of amides is 1. The minimum Gasteiger partial charge on any atom is -0.480 e. The first-order valence-electron chi connectivity index (χ1n) is 6.42. The van der Waals surface area contributed by atoms with Gasteiger partial charge in [0.1, 0.15) is 24.0 Å². The van der Waals surface area contributed by atoms with Crippen molar-refractivity contribution in [3.05, 3.63) is 33.8 Å². The summed E-state index contributed by atoms with van der Waals surface area (Å²) < 4.78 is 6.24. The molecule has 1 amide bonds. The Bertz CT molecular complexity index is 664. The van der Waals surface area contributed by atoms with E-state index in [4.69, 9.17) is 16.4 Å². The lowest BCUT2D eigenvalue weighted by Gasteiger charge is -2.08. The number of nitriles is 1.